The van der Waals surface area contributed by atoms with E-state index in [9.17, 15) is 9.59 Å². The molecule has 1 atom stereocenters. The molecule has 29 heavy (non-hydrogen) atoms. The van der Waals surface area contributed by atoms with Crippen LogP contribution in [0.3, 0.4) is 0 Å². The summed E-state index contributed by atoms with van der Waals surface area (Å²) in [6.45, 7) is 3.78. The van der Waals surface area contributed by atoms with Crippen molar-refractivity contribution in [3.63, 3.8) is 0 Å². The molecule has 2 aliphatic heterocycles. The molecule has 2 fully saturated rings. The monoisotopic (exact) mass is 395 g/mol. The standard InChI is InChI=1S/C22H29N5O2/c28-21-5-4-19(16-27(21)13-8-20-3-1-2-9-24-20)22(29)26-11-6-18(7-12-26)15-25-14-10-23-17-25/h1-3,9-10,14,17-19H,4-8,11-13,15-16H2. The molecule has 4 rings (SSSR count). The Morgan fingerprint density at radius 1 is 1.14 bits per heavy atom. The third-order valence-electron chi connectivity index (χ3n) is 6.17. The number of nitrogens with zero attached hydrogens (tertiary/aromatic N) is 5. The molecule has 7 heteroatoms. The van der Waals surface area contributed by atoms with E-state index in [-0.39, 0.29) is 17.7 Å². The summed E-state index contributed by atoms with van der Waals surface area (Å²) < 4.78 is 2.12. The van der Waals surface area contributed by atoms with E-state index >= 15 is 0 Å². The summed E-state index contributed by atoms with van der Waals surface area (Å²) in [7, 11) is 0. The molecule has 7 nitrogen and oxygen atoms in total. The van der Waals surface area contributed by atoms with Crippen LogP contribution in [0, 0.1) is 11.8 Å². The van der Waals surface area contributed by atoms with Crippen molar-refractivity contribution in [1.29, 1.82) is 0 Å². The predicted molar refractivity (Wildman–Crippen MR) is 109 cm³/mol. The third kappa shape index (κ3) is 5.02. The van der Waals surface area contributed by atoms with Gasteiger partial charge in [-0.25, -0.2) is 4.98 Å². The highest BCUT2D eigenvalue weighted by atomic mass is 16.2. The first-order chi connectivity index (χ1) is 14.2. The van der Waals surface area contributed by atoms with Crippen LogP contribution in [0.15, 0.2) is 43.1 Å². The SMILES string of the molecule is O=C1CCC(C(=O)N2CCC(Cn3ccnc3)CC2)CN1CCc1ccccn1. The number of rotatable bonds is 6. The van der Waals surface area contributed by atoms with Crippen molar-refractivity contribution < 1.29 is 9.59 Å². The van der Waals surface area contributed by atoms with Crippen LogP contribution >= 0.6 is 0 Å². The van der Waals surface area contributed by atoms with Gasteiger partial charge in [-0.1, -0.05) is 6.07 Å². The number of piperidine rings is 2. The first-order valence-electron chi connectivity index (χ1n) is 10.6. The summed E-state index contributed by atoms with van der Waals surface area (Å²) in [5, 5.41) is 0. The highest BCUT2D eigenvalue weighted by Crippen LogP contribution is 2.24. The number of imidazole rings is 1. The third-order valence-corrected chi connectivity index (χ3v) is 6.17. The highest BCUT2D eigenvalue weighted by Gasteiger charge is 2.34. The first-order valence-corrected chi connectivity index (χ1v) is 10.6. The molecule has 154 valence electrons. The van der Waals surface area contributed by atoms with E-state index in [0.717, 1.165) is 44.6 Å². The summed E-state index contributed by atoms with van der Waals surface area (Å²) >= 11 is 0. The normalized spacial score (nSPS) is 20.8. The second-order valence-corrected chi connectivity index (χ2v) is 8.17. The van der Waals surface area contributed by atoms with Crippen LogP contribution in [-0.4, -0.2) is 62.3 Å². The predicted octanol–water partition coefficient (Wildman–Crippen LogP) is 2.00. The Hall–Kier alpha value is -2.70. The van der Waals surface area contributed by atoms with Crippen molar-refractivity contribution in [2.45, 2.75) is 38.6 Å². The topological polar surface area (TPSA) is 71.3 Å². The Balaban J connectivity index is 1.26. The fourth-order valence-corrected chi connectivity index (χ4v) is 4.42. The number of amides is 2. The van der Waals surface area contributed by atoms with Gasteiger partial charge in [0.05, 0.1) is 12.2 Å². The van der Waals surface area contributed by atoms with Gasteiger partial charge < -0.3 is 14.4 Å². The lowest BCUT2D eigenvalue weighted by Gasteiger charge is -2.37. The lowest BCUT2D eigenvalue weighted by Crippen LogP contribution is -2.49. The lowest BCUT2D eigenvalue weighted by molar-refractivity contribution is -0.144. The Morgan fingerprint density at radius 3 is 2.72 bits per heavy atom. The molecule has 2 saturated heterocycles. The number of pyridine rings is 1. The van der Waals surface area contributed by atoms with Gasteiger partial charge in [-0.3, -0.25) is 14.6 Å². The average molecular weight is 396 g/mol. The minimum atomic E-state index is -0.0679. The van der Waals surface area contributed by atoms with Gasteiger partial charge in [-0.15, -0.1) is 0 Å². The molecular formula is C22H29N5O2. The Kier molecular flexibility index (Phi) is 6.22. The van der Waals surface area contributed by atoms with Gasteiger partial charge in [0, 0.05) is 69.8 Å². The van der Waals surface area contributed by atoms with E-state index in [1.807, 2.05) is 46.7 Å². The summed E-state index contributed by atoms with van der Waals surface area (Å²) in [6.07, 6.45) is 11.4. The summed E-state index contributed by atoms with van der Waals surface area (Å²) in [5.41, 5.74) is 0.980. The van der Waals surface area contributed by atoms with Crippen LogP contribution in [0.2, 0.25) is 0 Å². The van der Waals surface area contributed by atoms with Crippen LogP contribution in [0.4, 0.5) is 0 Å². The fraction of sp³-hybridized carbons (Fsp3) is 0.545. The molecule has 0 N–H and O–H groups in total. The molecule has 2 aliphatic rings. The van der Waals surface area contributed by atoms with E-state index in [0.29, 0.717) is 31.8 Å². The summed E-state index contributed by atoms with van der Waals surface area (Å²) in [5.74, 6) is 0.906. The van der Waals surface area contributed by atoms with E-state index in [1.54, 1.807) is 6.20 Å². The number of hydrogen-bond donors (Lipinski definition) is 0. The van der Waals surface area contributed by atoms with Gasteiger partial charge in [0.25, 0.3) is 0 Å². The van der Waals surface area contributed by atoms with Crippen LogP contribution in [0.5, 0.6) is 0 Å². The largest absolute Gasteiger partial charge is 0.342 e. The van der Waals surface area contributed by atoms with Gasteiger partial charge in [0.15, 0.2) is 0 Å². The molecule has 0 aromatic carbocycles. The molecule has 0 spiro atoms. The van der Waals surface area contributed by atoms with E-state index in [1.165, 1.54) is 0 Å². The Morgan fingerprint density at radius 2 is 2.00 bits per heavy atom. The van der Waals surface area contributed by atoms with E-state index in [4.69, 9.17) is 0 Å². The smallest absolute Gasteiger partial charge is 0.227 e. The summed E-state index contributed by atoms with van der Waals surface area (Å²) in [6, 6.07) is 5.83. The number of aromatic nitrogens is 3. The molecule has 0 radical (unpaired) electrons. The number of carbonyl (C=O) groups is 2. The quantitative estimate of drug-likeness (QED) is 0.750. The fourth-order valence-electron chi connectivity index (χ4n) is 4.42. The van der Waals surface area contributed by atoms with Crippen molar-refractivity contribution >= 4 is 11.8 Å². The zero-order valence-electron chi connectivity index (χ0n) is 16.8. The number of carbonyl (C=O) groups excluding carboxylic acids is 2. The van der Waals surface area contributed by atoms with Crippen molar-refractivity contribution in [3.05, 3.63) is 48.8 Å². The van der Waals surface area contributed by atoms with Crippen molar-refractivity contribution in [3.8, 4) is 0 Å². The minimum absolute atomic E-state index is 0.0679. The molecule has 4 heterocycles. The van der Waals surface area contributed by atoms with Crippen molar-refractivity contribution in [2.24, 2.45) is 11.8 Å². The van der Waals surface area contributed by atoms with Gasteiger partial charge in [0.2, 0.25) is 11.8 Å². The van der Waals surface area contributed by atoms with E-state index < -0.39 is 0 Å². The molecular weight excluding hydrogens is 366 g/mol. The van der Waals surface area contributed by atoms with E-state index in [2.05, 4.69) is 14.5 Å². The Labute approximate surface area is 171 Å². The number of likely N-dealkylation sites (tertiary alicyclic amines) is 2. The second kappa shape index (κ2) is 9.20. The van der Waals surface area contributed by atoms with Gasteiger partial charge in [-0.2, -0.15) is 0 Å². The Bertz CT molecular complexity index is 800. The maximum atomic E-state index is 13.1. The highest BCUT2D eigenvalue weighted by molar-refractivity contribution is 5.84. The zero-order chi connectivity index (χ0) is 20.1. The van der Waals surface area contributed by atoms with Crippen LogP contribution < -0.4 is 0 Å². The van der Waals surface area contributed by atoms with Crippen LogP contribution in [-0.2, 0) is 22.6 Å². The molecule has 0 aliphatic carbocycles. The minimum Gasteiger partial charge on any atom is -0.342 e. The molecule has 2 aromatic heterocycles. The zero-order valence-corrected chi connectivity index (χ0v) is 16.8. The molecule has 2 aromatic rings. The van der Waals surface area contributed by atoms with Gasteiger partial charge in [0.1, 0.15) is 0 Å². The maximum Gasteiger partial charge on any atom is 0.227 e. The van der Waals surface area contributed by atoms with Crippen molar-refractivity contribution in [2.75, 3.05) is 26.2 Å². The van der Waals surface area contributed by atoms with Gasteiger partial charge in [-0.05, 0) is 37.3 Å². The lowest BCUT2D eigenvalue weighted by atomic mass is 9.92. The van der Waals surface area contributed by atoms with Crippen LogP contribution in [0.25, 0.3) is 0 Å². The maximum absolute atomic E-state index is 13.1. The molecule has 0 saturated carbocycles. The van der Waals surface area contributed by atoms with Gasteiger partial charge >= 0.3 is 0 Å². The van der Waals surface area contributed by atoms with Crippen molar-refractivity contribution in [1.82, 2.24) is 24.3 Å². The second-order valence-electron chi connectivity index (χ2n) is 8.17. The first kappa shape index (κ1) is 19.6. The number of hydrogen-bond acceptors (Lipinski definition) is 4. The molecule has 1 unspecified atom stereocenters. The summed E-state index contributed by atoms with van der Waals surface area (Å²) in [4.78, 5) is 37.7. The molecule has 2 amide bonds. The van der Waals surface area contributed by atoms with Crippen LogP contribution in [0.1, 0.15) is 31.4 Å². The molecule has 0 bridgehead atoms. The average Bonchev–Trinajstić information content (AvgIpc) is 3.27.